The summed E-state index contributed by atoms with van der Waals surface area (Å²) in [5.41, 5.74) is 4.21. The van der Waals surface area contributed by atoms with Crippen molar-refractivity contribution in [3.63, 3.8) is 0 Å². The molecule has 5 nitrogen and oxygen atoms in total. The Morgan fingerprint density at radius 2 is 2.23 bits per heavy atom. The van der Waals surface area contributed by atoms with Crippen molar-refractivity contribution < 1.29 is 5.03 Å². The van der Waals surface area contributed by atoms with Gasteiger partial charge in [0.2, 0.25) is 0 Å². The van der Waals surface area contributed by atoms with Crippen molar-refractivity contribution >= 4 is 5.69 Å². The zero-order valence-electron chi connectivity index (χ0n) is 6.93. The molecule has 0 atom stereocenters. The van der Waals surface area contributed by atoms with Gasteiger partial charge in [0.1, 0.15) is 0 Å². The number of hydrogen-bond donors (Lipinski definition) is 1. The van der Waals surface area contributed by atoms with Crippen molar-refractivity contribution in [2.45, 2.75) is 6.42 Å². The summed E-state index contributed by atoms with van der Waals surface area (Å²) >= 11 is 0. The van der Waals surface area contributed by atoms with Crippen molar-refractivity contribution in [3.05, 3.63) is 39.9 Å². The second-order valence-corrected chi connectivity index (χ2v) is 2.89. The van der Waals surface area contributed by atoms with Crippen molar-refractivity contribution in [2.24, 2.45) is 0 Å². The van der Waals surface area contributed by atoms with Crippen molar-refractivity contribution in [2.75, 3.05) is 11.6 Å². The quantitative estimate of drug-likeness (QED) is 0.537. The smallest absolute Gasteiger partial charge is 0.178 e. The molecule has 0 aromatic heterocycles. The molecule has 0 saturated carbocycles. The van der Waals surface area contributed by atoms with E-state index in [-0.39, 0.29) is 0 Å². The van der Waals surface area contributed by atoms with E-state index >= 15 is 0 Å². The highest BCUT2D eigenvalue weighted by atomic mass is 16.7. The number of nitrogens with one attached hydrogen (secondary N) is 1. The van der Waals surface area contributed by atoms with Crippen LogP contribution in [0.1, 0.15) is 5.56 Å². The largest absolute Gasteiger partial charge is 0.235 e. The second kappa shape index (κ2) is 2.93. The normalized spacial score (nSPS) is 14.0. The number of benzene rings is 1. The van der Waals surface area contributed by atoms with Gasteiger partial charge in [0, 0.05) is 6.54 Å². The van der Waals surface area contributed by atoms with Crippen LogP contribution in [0.3, 0.4) is 0 Å². The van der Waals surface area contributed by atoms with Crippen LogP contribution in [0.5, 0.6) is 0 Å². The molecule has 0 radical (unpaired) electrons. The summed E-state index contributed by atoms with van der Waals surface area (Å²) in [7, 11) is 0. The zero-order chi connectivity index (χ0) is 9.26. The molecule has 68 valence electrons. The van der Waals surface area contributed by atoms with Crippen LogP contribution in [-0.4, -0.2) is 11.6 Å². The van der Waals surface area contributed by atoms with Gasteiger partial charge in [-0.25, -0.2) is 15.1 Å². The van der Waals surface area contributed by atoms with Gasteiger partial charge in [-0.2, -0.15) is 0 Å². The Bertz CT molecular complexity index is 340. The first-order chi connectivity index (χ1) is 6.27. The SMILES string of the molecule is O=[N+]([O-])NN1CCc2ccccc21. The highest BCUT2D eigenvalue weighted by molar-refractivity contribution is 5.56. The monoisotopic (exact) mass is 179 g/mol. The molecule has 1 aromatic carbocycles. The fraction of sp³-hybridized carbons (Fsp3) is 0.250. The van der Waals surface area contributed by atoms with Crippen LogP contribution >= 0.6 is 0 Å². The minimum absolute atomic E-state index is 0.540. The molecule has 1 aromatic rings. The maximum atomic E-state index is 10.2. The minimum Gasteiger partial charge on any atom is -0.235 e. The number of fused-ring (bicyclic) bond motifs is 1. The van der Waals surface area contributed by atoms with E-state index < -0.39 is 5.03 Å². The average molecular weight is 179 g/mol. The van der Waals surface area contributed by atoms with Crippen molar-refractivity contribution in [3.8, 4) is 0 Å². The number of hydrogen-bond acceptors (Lipinski definition) is 3. The number of hydrazine groups is 2. The van der Waals surface area contributed by atoms with Crippen LogP contribution < -0.4 is 10.5 Å². The molecule has 0 unspecified atom stereocenters. The molecule has 0 aliphatic carbocycles. The second-order valence-electron chi connectivity index (χ2n) is 2.89. The third-order valence-corrected chi connectivity index (χ3v) is 2.09. The number of nitro groups is 1. The van der Waals surface area contributed by atoms with Crippen LogP contribution in [0, 0.1) is 10.1 Å². The number of rotatable bonds is 2. The van der Waals surface area contributed by atoms with Crippen molar-refractivity contribution in [1.82, 2.24) is 5.53 Å². The lowest BCUT2D eigenvalue weighted by Crippen LogP contribution is -2.40. The van der Waals surface area contributed by atoms with Gasteiger partial charge in [0.25, 0.3) is 0 Å². The van der Waals surface area contributed by atoms with Gasteiger partial charge >= 0.3 is 0 Å². The van der Waals surface area contributed by atoms with E-state index in [1.54, 1.807) is 5.01 Å². The van der Waals surface area contributed by atoms with Gasteiger partial charge in [0.05, 0.1) is 5.69 Å². The molecule has 0 fully saturated rings. The van der Waals surface area contributed by atoms with E-state index in [1.807, 2.05) is 24.3 Å². The first-order valence-corrected chi connectivity index (χ1v) is 4.03. The minimum atomic E-state index is -0.540. The Hall–Kier alpha value is -1.78. The van der Waals surface area contributed by atoms with Crippen LogP contribution in [0.15, 0.2) is 24.3 Å². The summed E-state index contributed by atoms with van der Waals surface area (Å²) < 4.78 is 0. The summed E-state index contributed by atoms with van der Waals surface area (Å²) in [5, 5.41) is 11.2. The lowest BCUT2D eigenvalue weighted by Gasteiger charge is -2.13. The maximum absolute atomic E-state index is 10.2. The lowest BCUT2D eigenvalue weighted by molar-refractivity contribution is -0.546. The standard InChI is InChI=1S/C8H9N3O2/c12-11(13)9-10-6-5-7-3-1-2-4-8(7)10/h1-4,9H,5-6H2. The van der Waals surface area contributed by atoms with E-state index in [0.717, 1.165) is 17.7 Å². The highest BCUT2D eigenvalue weighted by Crippen LogP contribution is 2.25. The molecule has 1 N–H and O–H groups in total. The number of para-hydroxylation sites is 1. The molecule has 13 heavy (non-hydrogen) atoms. The fourth-order valence-corrected chi connectivity index (χ4v) is 1.54. The summed E-state index contributed by atoms with van der Waals surface area (Å²) in [4.78, 5) is 10.2. The summed E-state index contributed by atoms with van der Waals surface area (Å²) in [6.45, 7) is 0.653. The first-order valence-electron chi connectivity index (χ1n) is 4.03. The fourth-order valence-electron chi connectivity index (χ4n) is 1.54. The summed E-state index contributed by atoms with van der Waals surface area (Å²) in [6.07, 6.45) is 0.858. The Morgan fingerprint density at radius 1 is 1.46 bits per heavy atom. The summed E-state index contributed by atoms with van der Waals surface area (Å²) in [6, 6.07) is 7.67. The van der Waals surface area contributed by atoms with E-state index in [0.29, 0.717) is 6.54 Å². The number of anilines is 1. The van der Waals surface area contributed by atoms with Crippen molar-refractivity contribution in [1.29, 1.82) is 0 Å². The lowest BCUT2D eigenvalue weighted by atomic mass is 10.2. The topological polar surface area (TPSA) is 58.4 Å². The predicted octanol–water partition coefficient (Wildman–Crippen LogP) is 0.745. The third kappa shape index (κ3) is 1.40. The van der Waals surface area contributed by atoms with Crippen LogP contribution in [0.25, 0.3) is 0 Å². The zero-order valence-corrected chi connectivity index (χ0v) is 6.93. The molecule has 0 bridgehead atoms. The summed E-state index contributed by atoms with van der Waals surface area (Å²) in [5.74, 6) is 0. The van der Waals surface area contributed by atoms with Crippen LogP contribution in [-0.2, 0) is 6.42 Å². The van der Waals surface area contributed by atoms with E-state index in [4.69, 9.17) is 0 Å². The van der Waals surface area contributed by atoms with E-state index in [1.165, 1.54) is 0 Å². The Kier molecular flexibility index (Phi) is 1.77. The Labute approximate surface area is 75.1 Å². The molecule has 5 heteroatoms. The molecular formula is C8H9N3O2. The van der Waals surface area contributed by atoms with E-state index in [9.17, 15) is 10.1 Å². The van der Waals surface area contributed by atoms with Gasteiger partial charge < -0.3 is 0 Å². The van der Waals surface area contributed by atoms with Gasteiger partial charge in [-0.15, -0.1) is 0 Å². The number of nitrogens with zero attached hydrogens (tertiary/aromatic N) is 2. The van der Waals surface area contributed by atoms with Gasteiger partial charge in [0.15, 0.2) is 5.03 Å². The van der Waals surface area contributed by atoms with Gasteiger partial charge in [-0.1, -0.05) is 18.2 Å². The molecular weight excluding hydrogens is 170 g/mol. The Balaban J connectivity index is 2.23. The van der Waals surface area contributed by atoms with Crippen LogP contribution in [0.2, 0.25) is 0 Å². The molecule has 1 aliphatic rings. The third-order valence-electron chi connectivity index (χ3n) is 2.09. The molecule has 2 rings (SSSR count). The molecule has 1 heterocycles. The van der Waals surface area contributed by atoms with Gasteiger partial charge in [-0.05, 0) is 23.6 Å². The highest BCUT2D eigenvalue weighted by Gasteiger charge is 2.20. The molecule has 0 spiro atoms. The molecule has 0 saturated heterocycles. The van der Waals surface area contributed by atoms with Crippen LogP contribution in [0.4, 0.5) is 5.69 Å². The maximum Gasteiger partial charge on any atom is 0.178 e. The molecule has 0 amide bonds. The average Bonchev–Trinajstić information content (AvgIpc) is 2.48. The predicted molar refractivity (Wildman–Crippen MR) is 47.6 cm³/mol. The molecule has 1 aliphatic heterocycles. The first kappa shape index (κ1) is 7.85. The van der Waals surface area contributed by atoms with Gasteiger partial charge in [-0.3, -0.25) is 0 Å². The van der Waals surface area contributed by atoms with E-state index in [2.05, 4.69) is 5.53 Å². The Morgan fingerprint density at radius 3 is 3.00 bits per heavy atom.